The van der Waals surface area contributed by atoms with Gasteiger partial charge in [-0.05, 0) is 50.2 Å². The van der Waals surface area contributed by atoms with Gasteiger partial charge in [-0.2, -0.15) is 0 Å². The minimum absolute atomic E-state index is 0.293. The maximum Gasteiger partial charge on any atom is 0.338 e. The number of hydrogen-bond donors (Lipinski definition) is 0. The average Bonchev–Trinajstić information content (AvgIpc) is 3.02. The lowest BCUT2D eigenvalue weighted by molar-refractivity contribution is 0.0526. The summed E-state index contributed by atoms with van der Waals surface area (Å²) in [6.07, 6.45) is 0. The summed E-state index contributed by atoms with van der Waals surface area (Å²) in [5, 5.41) is 0. The van der Waals surface area contributed by atoms with E-state index in [2.05, 4.69) is 4.98 Å². The van der Waals surface area contributed by atoms with Crippen LogP contribution in [0.4, 0.5) is 0 Å². The first kappa shape index (κ1) is 16.8. The topological polar surface area (TPSA) is 61.6 Å². The predicted molar refractivity (Wildman–Crippen MR) is 93.4 cm³/mol. The highest BCUT2D eigenvalue weighted by Gasteiger charge is 2.12. The first-order chi connectivity index (χ1) is 12.2. The van der Waals surface area contributed by atoms with Crippen LogP contribution in [0.2, 0.25) is 0 Å². The van der Waals surface area contributed by atoms with Crippen LogP contribution in [0.5, 0.6) is 5.75 Å². The number of benzene rings is 2. The first-order valence-electron chi connectivity index (χ1n) is 8.09. The Balaban J connectivity index is 1.66. The summed E-state index contributed by atoms with van der Waals surface area (Å²) in [7, 11) is 0. The molecule has 0 atom stereocenters. The zero-order valence-electron chi connectivity index (χ0n) is 14.2. The van der Waals surface area contributed by atoms with Gasteiger partial charge in [-0.3, -0.25) is 0 Å². The molecular formula is C20H19NO4. The quantitative estimate of drug-likeness (QED) is 0.624. The third kappa shape index (κ3) is 4.07. The second kappa shape index (κ2) is 7.66. The third-order valence-corrected chi connectivity index (χ3v) is 3.65. The van der Waals surface area contributed by atoms with Crippen LogP contribution in [-0.4, -0.2) is 17.6 Å². The van der Waals surface area contributed by atoms with Crippen LogP contribution in [0.1, 0.15) is 28.7 Å². The van der Waals surface area contributed by atoms with Crippen molar-refractivity contribution in [2.75, 3.05) is 6.61 Å². The molecule has 0 aliphatic carbocycles. The van der Waals surface area contributed by atoms with E-state index in [-0.39, 0.29) is 5.97 Å². The first-order valence-corrected chi connectivity index (χ1v) is 8.09. The van der Waals surface area contributed by atoms with Crippen molar-refractivity contribution in [2.45, 2.75) is 20.5 Å². The van der Waals surface area contributed by atoms with Gasteiger partial charge in [0.1, 0.15) is 23.8 Å². The van der Waals surface area contributed by atoms with Crippen molar-refractivity contribution >= 4 is 5.97 Å². The largest absolute Gasteiger partial charge is 0.487 e. The van der Waals surface area contributed by atoms with Crippen molar-refractivity contribution in [2.24, 2.45) is 0 Å². The van der Waals surface area contributed by atoms with Crippen molar-refractivity contribution in [1.82, 2.24) is 4.98 Å². The van der Waals surface area contributed by atoms with Gasteiger partial charge < -0.3 is 13.9 Å². The Morgan fingerprint density at radius 2 is 1.80 bits per heavy atom. The lowest BCUT2D eigenvalue weighted by atomic mass is 10.2. The molecule has 0 radical (unpaired) electrons. The SMILES string of the molecule is CCOC(=O)c1ccc(OCc2nc(-c3ccccc3)oc2C)cc1. The summed E-state index contributed by atoms with van der Waals surface area (Å²) < 4.78 is 16.4. The monoisotopic (exact) mass is 337 g/mol. The Hall–Kier alpha value is -3.08. The highest BCUT2D eigenvalue weighted by molar-refractivity contribution is 5.89. The number of esters is 1. The van der Waals surface area contributed by atoms with E-state index in [1.54, 1.807) is 31.2 Å². The van der Waals surface area contributed by atoms with Crippen LogP contribution in [0.3, 0.4) is 0 Å². The number of aryl methyl sites for hydroxylation is 1. The molecule has 1 aromatic heterocycles. The van der Waals surface area contributed by atoms with Gasteiger partial charge >= 0.3 is 5.97 Å². The van der Waals surface area contributed by atoms with Gasteiger partial charge in [0.25, 0.3) is 0 Å². The number of ether oxygens (including phenoxy) is 2. The molecule has 3 rings (SSSR count). The molecule has 0 saturated heterocycles. The van der Waals surface area contributed by atoms with Crippen molar-refractivity contribution in [3.63, 3.8) is 0 Å². The van der Waals surface area contributed by atoms with E-state index >= 15 is 0 Å². The molecule has 0 fully saturated rings. The van der Waals surface area contributed by atoms with Crippen molar-refractivity contribution in [1.29, 1.82) is 0 Å². The zero-order chi connectivity index (χ0) is 17.6. The molecule has 0 aliphatic heterocycles. The second-order valence-corrected chi connectivity index (χ2v) is 5.42. The number of rotatable bonds is 6. The molecule has 5 nitrogen and oxygen atoms in total. The van der Waals surface area contributed by atoms with E-state index in [0.717, 1.165) is 17.0 Å². The Kier molecular flexibility index (Phi) is 5.14. The van der Waals surface area contributed by atoms with Gasteiger partial charge in [0, 0.05) is 5.56 Å². The molecule has 0 saturated carbocycles. The molecule has 2 aromatic carbocycles. The lowest BCUT2D eigenvalue weighted by Gasteiger charge is -2.06. The normalized spacial score (nSPS) is 10.5. The molecule has 0 aliphatic rings. The fourth-order valence-corrected chi connectivity index (χ4v) is 2.32. The van der Waals surface area contributed by atoms with Crippen molar-refractivity contribution in [3.8, 4) is 17.2 Å². The van der Waals surface area contributed by atoms with E-state index < -0.39 is 0 Å². The summed E-state index contributed by atoms with van der Waals surface area (Å²) in [4.78, 5) is 16.1. The number of nitrogens with zero attached hydrogens (tertiary/aromatic N) is 1. The Labute approximate surface area is 146 Å². The fraction of sp³-hybridized carbons (Fsp3) is 0.200. The third-order valence-electron chi connectivity index (χ3n) is 3.65. The van der Waals surface area contributed by atoms with Crippen LogP contribution in [0.25, 0.3) is 11.5 Å². The summed E-state index contributed by atoms with van der Waals surface area (Å²) in [5.41, 5.74) is 2.17. The van der Waals surface area contributed by atoms with Crippen LogP contribution >= 0.6 is 0 Å². The summed E-state index contributed by atoms with van der Waals surface area (Å²) in [5.74, 6) is 1.61. The van der Waals surface area contributed by atoms with Gasteiger partial charge in [-0.1, -0.05) is 18.2 Å². The number of aromatic nitrogens is 1. The summed E-state index contributed by atoms with van der Waals surface area (Å²) in [6, 6.07) is 16.6. The molecule has 5 heteroatoms. The van der Waals surface area contributed by atoms with Gasteiger partial charge in [0.15, 0.2) is 0 Å². The second-order valence-electron chi connectivity index (χ2n) is 5.42. The fourth-order valence-electron chi connectivity index (χ4n) is 2.32. The standard InChI is InChI=1S/C20H19NO4/c1-3-23-20(22)16-9-11-17(12-10-16)24-13-18-14(2)25-19(21-18)15-7-5-4-6-8-15/h4-12H,3,13H2,1-2H3. The van der Waals surface area contributed by atoms with Gasteiger partial charge in [0.2, 0.25) is 5.89 Å². The van der Waals surface area contributed by atoms with E-state index in [4.69, 9.17) is 13.9 Å². The molecule has 0 N–H and O–H groups in total. The van der Waals surface area contributed by atoms with Gasteiger partial charge in [-0.15, -0.1) is 0 Å². The molecule has 25 heavy (non-hydrogen) atoms. The van der Waals surface area contributed by atoms with Gasteiger partial charge in [0.05, 0.1) is 12.2 Å². The number of carbonyl (C=O) groups is 1. The molecule has 3 aromatic rings. The van der Waals surface area contributed by atoms with Crippen LogP contribution in [0, 0.1) is 6.92 Å². The van der Waals surface area contributed by atoms with Crippen molar-refractivity contribution < 1.29 is 18.7 Å². The molecule has 0 bridgehead atoms. The lowest BCUT2D eigenvalue weighted by Crippen LogP contribution is -2.04. The Bertz CT molecular complexity index is 838. The van der Waals surface area contributed by atoms with E-state index in [1.807, 2.05) is 37.3 Å². The minimum Gasteiger partial charge on any atom is -0.487 e. The maximum absolute atomic E-state index is 11.6. The van der Waals surface area contributed by atoms with Crippen LogP contribution in [-0.2, 0) is 11.3 Å². The van der Waals surface area contributed by atoms with Crippen molar-refractivity contribution in [3.05, 3.63) is 71.6 Å². The summed E-state index contributed by atoms with van der Waals surface area (Å²) >= 11 is 0. The maximum atomic E-state index is 11.6. The number of hydrogen-bond acceptors (Lipinski definition) is 5. The molecule has 1 heterocycles. The highest BCUT2D eigenvalue weighted by Crippen LogP contribution is 2.22. The van der Waals surface area contributed by atoms with E-state index in [0.29, 0.717) is 30.4 Å². The molecule has 0 unspecified atom stereocenters. The van der Waals surface area contributed by atoms with Crippen LogP contribution in [0.15, 0.2) is 59.0 Å². The van der Waals surface area contributed by atoms with Crippen LogP contribution < -0.4 is 4.74 Å². The molecular weight excluding hydrogens is 318 g/mol. The molecule has 0 spiro atoms. The van der Waals surface area contributed by atoms with E-state index in [1.165, 1.54) is 0 Å². The van der Waals surface area contributed by atoms with E-state index in [9.17, 15) is 4.79 Å². The summed E-state index contributed by atoms with van der Waals surface area (Å²) in [6.45, 7) is 4.29. The Morgan fingerprint density at radius 3 is 2.48 bits per heavy atom. The number of carbonyl (C=O) groups excluding carboxylic acids is 1. The number of oxazole rings is 1. The zero-order valence-corrected chi connectivity index (χ0v) is 14.2. The van der Waals surface area contributed by atoms with Gasteiger partial charge in [-0.25, -0.2) is 9.78 Å². The average molecular weight is 337 g/mol. The molecule has 128 valence electrons. The predicted octanol–water partition coefficient (Wildman–Crippen LogP) is 4.41. The molecule has 0 amide bonds. The minimum atomic E-state index is -0.339. The Morgan fingerprint density at radius 1 is 1.08 bits per heavy atom. The smallest absolute Gasteiger partial charge is 0.338 e. The highest BCUT2D eigenvalue weighted by atomic mass is 16.5.